The van der Waals surface area contributed by atoms with E-state index in [1.165, 1.54) is 18.5 Å². The van der Waals surface area contributed by atoms with Gasteiger partial charge in [0.1, 0.15) is 0 Å². The topological polar surface area (TPSA) is 21.1 Å². The molecule has 1 aromatic rings. The van der Waals surface area contributed by atoms with Gasteiger partial charge in [-0.25, -0.2) is 0 Å². The number of nitrogens with zero attached hydrogens (tertiary/aromatic N) is 3. The summed E-state index contributed by atoms with van der Waals surface area (Å²) >= 11 is 6.01. The molecule has 4 heteroatoms. The van der Waals surface area contributed by atoms with E-state index in [0.29, 0.717) is 11.4 Å². The van der Waals surface area contributed by atoms with Gasteiger partial charge in [-0.3, -0.25) is 4.68 Å². The second-order valence-corrected chi connectivity index (χ2v) is 6.29. The lowest BCUT2D eigenvalue weighted by Crippen LogP contribution is -2.34. The first kappa shape index (κ1) is 13.9. The highest BCUT2D eigenvalue weighted by molar-refractivity contribution is 6.21. The quantitative estimate of drug-likeness (QED) is 0.739. The van der Waals surface area contributed by atoms with Crippen molar-refractivity contribution in [2.45, 2.75) is 51.1 Å². The lowest BCUT2D eigenvalue weighted by Gasteiger charge is -2.33. The molecule has 1 aromatic heterocycles. The second-order valence-electron chi connectivity index (χ2n) is 5.68. The lowest BCUT2D eigenvalue weighted by atomic mass is 9.84. The summed E-state index contributed by atoms with van der Waals surface area (Å²) in [5, 5.41) is 5.06. The summed E-state index contributed by atoms with van der Waals surface area (Å²) in [6, 6.07) is 2.63. The van der Waals surface area contributed by atoms with Gasteiger partial charge in [0, 0.05) is 30.7 Å². The number of aromatic nitrogens is 2. The molecule has 102 valence electrons. The van der Waals surface area contributed by atoms with E-state index in [4.69, 9.17) is 11.6 Å². The Balaban J connectivity index is 1.79. The van der Waals surface area contributed by atoms with E-state index in [0.717, 1.165) is 25.4 Å². The highest BCUT2D eigenvalue weighted by atomic mass is 35.5. The molecule has 0 N–H and O–H groups in total. The fraction of sp³-hybridized carbons (Fsp3) is 0.786. The summed E-state index contributed by atoms with van der Waals surface area (Å²) in [4.78, 5) is 2.36. The summed E-state index contributed by atoms with van der Waals surface area (Å²) < 4.78 is 2.07. The minimum Gasteiger partial charge on any atom is -0.300 e. The molecule has 1 aliphatic carbocycles. The van der Waals surface area contributed by atoms with Crippen LogP contribution in [0.3, 0.4) is 0 Å². The van der Waals surface area contributed by atoms with Gasteiger partial charge in [0.15, 0.2) is 0 Å². The molecular weight excluding hydrogens is 246 g/mol. The number of rotatable bonds is 6. The fourth-order valence-electron chi connectivity index (χ4n) is 2.48. The van der Waals surface area contributed by atoms with Crippen LogP contribution in [0.15, 0.2) is 12.3 Å². The van der Waals surface area contributed by atoms with E-state index >= 15 is 0 Å². The monoisotopic (exact) mass is 269 g/mol. The molecule has 0 saturated heterocycles. The normalized spacial score (nSPS) is 25.2. The maximum atomic E-state index is 6.01. The van der Waals surface area contributed by atoms with E-state index in [-0.39, 0.29) is 0 Å². The van der Waals surface area contributed by atoms with Crippen molar-refractivity contribution in [2.75, 3.05) is 13.6 Å². The van der Waals surface area contributed by atoms with Crippen LogP contribution in [0.5, 0.6) is 0 Å². The Morgan fingerprint density at radius 3 is 2.89 bits per heavy atom. The van der Waals surface area contributed by atoms with Crippen molar-refractivity contribution in [2.24, 2.45) is 5.92 Å². The molecule has 1 saturated carbocycles. The molecule has 0 aliphatic heterocycles. The molecular formula is C14H24ClN3. The maximum Gasteiger partial charge on any atom is 0.0764 e. The predicted molar refractivity (Wildman–Crippen MR) is 75.9 cm³/mol. The summed E-state index contributed by atoms with van der Waals surface area (Å²) in [7, 11) is 2.17. The van der Waals surface area contributed by atoms with Crippen LogP contribution >= 0.6 is 11.6 Å². The van der Waals surface area contributed by atoms with Gasteiger partial charge in [-0.2, -0.15) is 5.10 Å². The molecule has 3 nitrogen and oxygen atoms in total. The van der Waals surface area contributed by atoms with Crippen molar-refractivity contribution >= 4 is 11.6 Å². The predicted octanol–water partition coefficient (Wildman–Crippen LogP) is 3.30. The van der Waals surface area contributed by atoms with Gasteiger partial charge in [0.05, 0.1) is 5.69 Å². The van der Waals surface area contributed by atoms with Crippen LogP contribution in [0.25, 0.3) is 0 Å². The van der Waals surface area contributed by atoms with Crippen LogP contribution in [0.1, 0.15) is 44.8 Å². The van der Waals surface area contributed by atoms with E-state index in [9.17, 15) is 0 Å². The molecule has 1 heterocycles. The first-order valence-corrected chi connectivity index (χ1v) is 7.38. The fourth-order valence-corrected chi connectivity index (χ4v) is 2.98. The van der Waals surface area contributed by atoms with Crippen LogP contribution in [0.4, 0.5) is 0 Å². The molecule has 1 fully saturated rings. The zero-order valence-corrected chi connectivity index (χ0v) is 12.4. The third kappa shape index (κ3) is 3.48. The summed E-state index contributed by atoms with van der Waals surface area (Å²) in [5.74, 6) is 0.786. The highest BCUT2D eigenvalue weighted by Gasteiger charge is 2.27. The summed E-state index contributed by atoms with van der Waals surface area (Å²) in [5.41, 5.74) is 1.17. The first-order valence-electron chi connectivity index (χ1n) is 6.95. The maximum absolute atomic E-state index is 6.01. The zero-order chi connectivity index (χ0) is 13.1. The third-order valence-corrected chi connectivity index (χ3v) is 4.24. The number of hydrogen-bond acceptors (Lipinski definition) is 2. The molecule has 0 aromatic carbocycles. The van der Waals surface area contributed by atoms with Crippen molar-refractivity contribution in [3.63, 3.8) is 0 Å². The average molecular weight is 270 g/mol. The SMILES string of the molecule is CCC(C)n1ccc(CN(C)CC2CC(Cl)C2)n1. The third-order valence-electron chi connectivity index (χ3n) is 3.89. The van der Waals surface area contributed by atoms with Crippen molar-refractivity contribution in [3.8, 4) is 0 Å². The average Bonchev–Trinajstić information content (AvgIpc) is 2.74. The van der Waals surface area contributed by atoms with Gasteiger partial charge in [0.25, 0.3) is 0 Å². The van der Waals surface area contributed by atoms with Gasteiger partial charge < -0.3 is 4.90 Å². The Morgan fingerprint density at radius 1 is 1.56 bits per heavy atom. The van der Waals surface area contributed by atoms with Crippen molar-refractivity contribution < 1.29 is 0 Å². The van der Waals surface area contributed by atoms with Crippen LogP contribution in [-0.4, -0.2) is 33.6 Å². The second kappa shape index (κ2) is 6.07. The minimum absolute atomic E-state index is 0.424. The standard InChI is InChI=1S/C14H24ClN3/c1-4-11(2)18-6-5-14(16-18)10-17(3)9-12-7-13(15)8-12/h5-6,11-13H,4,7-10H2,1-3H3. The Kier molecular flexibility index (Phi) is 4.68. The van der Waals surface area contributed by atoms with E-state index in [1.54, 1.807) is 0 Å². The van der Waals surface area contributed by atoms with Crippen molar-refractivity contribution in [3.05, 3.63) is 18.0 Å². The highest BCUT2D eigenvalue weighted by Crippen LogP contribution is 2.32. The first-order chi connectivity index (χ1) is 8.58. The molecule has 1 unspecified atom stereocenters. The lowest BCUT2D eigenvalue weighted by molar-refractivity contribution is 0.202. The molecule has 1 aliphatic rings. The molecule has 2 rings (SSSR count). The summed E-state index contributed by atoms with van der Waals surface area (Å²) in [6.45, 7) is 6.47. The van der Waals surface area contributed by atoms with Crippen LogP contribution in [0.2, 0.25) is 0 Å². The molecule has 0 spiro atoms. The van der Waals surface area contributed by atoms with Gasteiger partial charge in [-0.1, -0.05) is 6.92 Å². The molecule has 1 atom stereocenters. The van der Waals surface area contributed by atoms with Gasteiger partial charge in [-0.15, -0.1) is 11.6 Å². The number of hydrogen-bond donors (Lipinski definition) is 0. The molecule has 0 amide bonds. The van der Waals surface area contributed by atoms with Crippen LogP contribution in [-0.2, 0) is 6.54 Å². The Labute approximate surface area is 115 Å². The smallest absolute Gasteiger partial charge is 0.0764 e. The zero-order valence-electron chi connectivity index (χ0n) is 11.6. The van der Waals surface area contributed by atoms with Crippen LogP contribution < -0.4 is 0 Å². The van der Waals surface area contributed by atoms with Gasteiger partial charge in [-0.05, 0) is 45.2 Å². The Hall–Kier alpha value is -0.540. The van der Waals surface area contributed by atoms with E-state index < -0.39 is 0 Å². The molecule has 0 radical (unpaired) electrons. The number of alkyl halides is 1. The summed E-state index contributed by atoms with van der Waals surface area (Å²) in [6.07, 6.45) is 5.56. The minimum atomic E-state index is 0.424. The largest absolute Gasteiger partial charge is 0.300 e. The van der Waals surface area contributed by atoms with Crippen molar-refractivity contribution in [1.29, 1.82) is 0 Å². The Bertz CT molecular complexity index is 371. The Morgan fingerprint density at radius 2 is 2.28 bits per heavy atom. The van der Waals surface area contributed by atoms with Crippen LogP contribution in [0, 0.1) is 5.92 Å². The van der Waals surface area contributed by atoms with E-state index in [2.05, 4.69) is 47.8 Å². The number of halogens is 1. The van der Waals surface area contributed by atoms with E-state index in [1.807, 2.05) is 0 Å². The van der Waals surface area contributed by atoms with Crippen molar-refractivity contribution in [1.82, 2.24) is 14.7 Å². The molecule has 0 bridgehead atoms. The molecule has 18 heavy (non-hydrogen) atoms. The van der Waals surface area contributed by atoms with Gasteiger partial charge >= 0.3 is 0 Å². The van der Waals surface area contributed by atoms with Gasteiger partial charge in [0.2, 0.25) is 0 Å².